The van der Waals surface area contributed by atoms with Gasteiger partial charge in [0.2, 0.25) is 5.91 Å². The van der Waals surface area contributed by atoms with E-state index in [9.17, 15) is 4.79 Å². The lowest BCUT2D eigenvalue weighted by Gasteiger charge is -2.11. The second-order valence-electron chi connectivity index (χ2n) is 4.51. The Hall–Kier alpha value is -1.79. The van der Waals surface area contributed by atoms with Gasteiger partial charge in [0.1, 0.15) is 0 Å². The predicted octanol–water partition coefficient (Wildman–Crippen LogP) is 1.00. The highest BCUT2D eigenvalue weighted by atomic mass is 35.5. The molecule has 0 unspecified atom stereocenters. The number of benzene rings is 1. The van der Waals surface area contributed by atoms with Crippen LogP contribution in [0.15, 0.2) is 23.4 Å². The number of amides is 1. The first-order valence-corrected chi connectivity index (χ1v) is 6.50. The molecule has 0 radical (unpaired) electrons. The van der Waals surface area contributed by atoms with Crippen LogP contribution < -0.4 is 11.1 Å². The highest BCUT2D eigenvalue weighted by Crippen LogP contribution is 2.17. The summed E-state index contributed by atoms with van der Waals surface area (Å²) in [5, 5.41) is 15.2. The quantitative estimate of drug-likeness (QED) is 0.240. The van der Waals surface area contributed by atoms with Gasteiger partial charge in [-0.15, -0.1) is 0 Å². The standard InChI is InChI=1S/C13H19ClN4O2/c1-18(2)12(19)5-6-16-8-10-4-3-9(7-11(10)14)13(15)17-20/h3-4,7,16,20H,5-6,8H2,1-2H3,(H2,15,17). The monoisotopic (exact) mass is 298 g/mol. The minimum absolute atomic E-state index is 0.0167. The van der Waals surface area contributed by atoms with Gasteiger partial charge in [-0.3, -0.25) is 4.79 Å². The molecule has 0 aliphatic carbocycles. The third-order valence-electron chi connectivity index (χ3n) is 2.79. The van der Waals surface area contributed by atoms with Crippen LogP contribution in [0.2, 0.25) is 5.02 Å². The Bertz CT molecular complexity index is 503. The smallest absolute Gasteiger partial charge is 0.223 e. The van der Waals surface area contributed by atoms with Crippen LogP contribution in [0.25, 0.3) is 0 Å². The van der Waals surface area contributed by atoms with Gasteiger partial charge in [-0.2, -0.15) is 0 Å². The summed E-state index contributed by atoms with van der Waals surface area (Å²) in [5.41, 5.74) is 6.93. The SMILES string of the molecule is CN(C)C(=O)CCNCc1ccc(/C(N)=N/O)cc1Cl. The molecule has 110 valence electrons. The largest absolute Gasteiger partial charge is 0.409 e. The van der Waals surface area contributed by atoms with E-state index in [1.165, 1.54) is 0 Å². The lowest BCUT2D eigenvalue weighted by Crippen LogP contribution is -2.26. The van der Waals surface area contributed by atoms with Crippen LogP contribution in [0.1, 0.15) is 17.5 Å². The van der Waals surface area contributed by atoms with Gasteiger partial charge in [-0.25, -0.2) is 0 Å². The number of halogens is 1. The molecule has 1 aromatic carbocycles. The third kappa shape index (κ3) is 4.71. The normalized spacial score (nSPS) is 11.4. The van der Waals surface area contributed by atoms with E-state index in [1.54, 1.807) is 37.2 Å². The van der Waals surface area contributed by atoms with Crippen molar-refractivity contribution < 1.29 is 10.0 Å². The molecule has 20 heavy (non-hydrogen) atoms. The number of nitrogens with zero attached hydrogens (tertiary/aromatic N) is 2. The van der Waals surface area contributed by atoms with Crippen molar-refractivity contribution in [1.82, 2.24) is 10.2 Å². The van der Waals surface area contributed by atoms with E-state index < -0.39 is 0 Å². The van der Waals surface area contributed by atoms with E-state index >= 15 is 0 Å². The number of carbonyl (C=O) groups excluding carboxylic acids is 1. The van der Waals surface area contributed by atoms with Crippen LogP contribution in [0.5, 0.6) is 0 Å². The molecule has 0 spiro atoms. The molecule has 0 aliphatic rings. The number of amidine groups is 1. The molecule has 1 aromatic rings. The number of nitrogens with two attached hydrogens (primary N) is 1. The van der Waals surface area contributed by atoms with Gasteiger partial charge in [0.25, 0.3) is 0 Å². The molecule has 0 aromatic heterocycles. The Morgan fingerprint density at radius 1 is 1.50 bits per heavy atom. The topological polar surface area (TPSA) is 91.0 Å². The van der Waals surface area contributed by atoms with Crippen molar-refractivity contribution in [1.29, 1.82) is 0 Å². The molecule has 0 atom stereocenters. The Balaban J connectivity index is 2.51. The number of carbonyl (C=O) groups is 1. The van der Waals surface area contributed by atoms with Crippen molar-refractivity contribution in [2.75, 3.05) is 20.6 Å². The zero-order valence-corrected chi connectivity index (χ0v) is 12.3. The minimum atomic E-state index is 0.0167. The van der Waals surface area contributed by atoms with E-state index in [2.05, 4.69) is 10.5 Å². The van der Waals surface area contributed by atoms with Gasteiger partial charge in [0.05, 0.1) is 0 Å². The van der Waals surface area contributed by atoms with Crippen LogP contribution in [0, 0.1) is 0 Å². The van der Waals surface area contributed by atoms with Crippen LogP contribution >= 0.6 is 11.6 Å². The van der Waals surface area contributed by atoms with E-state index in [0.717, 1.165) is 5.56 Å². The summed E-state index contributed by atoms with van der Waals surface area (Å²) in [4.78, 5) is 12.9. The molecule has 0 saturated carbocycles. The molecule has 7 heteroatoms. The number of oxime groups is 1. The van der Waals surface area contributed by atoms with Crippen molar-refractivity contribution in [2.45, 2.75) is 13.0 Å². The van der Waals surface area contributed by atoms with Gasteiger partial charge in [-0.1, -0.05) is 28.9 Å². The Kier molecular flexibility index (Phi) is 6.27. The summed E-state index contributed by atoms with van der Waals surface area (Å²) in [6, 6.07) is 5.16. The van der Waals surface area contributed by atoms with Gasteiger partial charge in [-0.05, 0) is 11.6 Å². The van der Waals surface area contributed by atoms with Gasteiger partial charge < -0.3 is 21.2 Å². The lowest BCUT2D eigenvalue weighted by molar-refractivity contribution is -0.128. The summed E-state index contributed by atoms with van der Waals surface area (Å²) in [5.74, 6) is 0.0915. The molecule has 1 amide bonds. The van der Waals surface area contributed by atoms with Crippen LogP contribution in [0.4, 0.5) is 0 Å². The maximum Gasteiger partial charge on any atom is 0.223 e. The zero-order chi connectivity index (χ0) is 15.1. The Morgan fingerprint density at radius 2 is 2.20 bits per heavy atom. The highest BCUT2D eigenvalue weighted by molar-refractivity contribution is 6.31. The third-order valence-corrected chi connectivity index (χ3v) is 3.14. The summed E-state index contributed by atoms with van der Waals surface area (Å²) in [6.45, 7) is 1.13. The minimum Gasteiger partial charge on any atom is -0.409 e. The van der Waals surface area contributed by atoms with Crippen molar-refractivity contribution in [2.24, 2.45) is 10.9 Å². The van der Waals surface area contributed by atoms with Crippen molar-refractivity contribution in [3.8, 4) is 0 Å². The summed E-state index contributed by atoms with van der Waals surface area (Å²) >= 11 is 6.12. The molecular formula is C13H19ClN4O2. The molecule has 0 aliphatic heterocycles. The summed E-state index contributed by atoms with van der Waals surface area (Å²) < 4.78 is 0. The molecule has 6 nitrogen and oxygen atoms in total. The molecule has 4 N–H and O–H groups in total. The fourth-order valence-electron chi connectivity index (χ4n) is 1.55. The van der Waals surface area contributed by atoms with Crippen molar-refractivity contribution in [3.63, 3.8) is 0 Å². The summed E-state index contributed by atoms with van der Waals surface area (Å²) in [7, 11) is 3.45. The number of nitrogens with one attached hydrogen (secondary N) is 1. The van der Waals surface area contributed by atoms with E-state index in [4.69, 9.17) is 22.5 Å². The van der Waals surface area contributed by atoms with Gasteiger partial charge in [0, 0.05) is 44.2 Å². The fraction of sp³-hybridized carbons (Fsp3) is 0.385. The Labute approximate surface area is 123 Å². The van der Waals surface area contributed by atoms with Crippen LogP contribution in [-0.4, -0.2) is 42.5 Å². The molecule has 0 saturated heterocycles. The number of hydrogen-bond donors (Lipinski definition) is 3. The molecule has 0 bridgehead atoms. The van der Waals surface area contributed by atoms with Crippen LogP contribution in [0.3, 0.4) is 0 Å². The van der Waals surface area contributed by atoms with E-state index in [1.807, 2.05) is 0 Å². The highest BCUT2D eigenvalue weighted by Gasteiger charge is 2.06. The first-order valence-electron chi connectivity index (χ1n) is 6.13. The maximum atomic E-state index is 11.4. The first-order chi connectivity index (χ1) is 9.45. The van der Waals surface area contributed by atoms with Gasteiger partial charge in [0.15, 0.2) is 5.84 Å². The molecule has 1 rings (SSSR count). The average molecular weight is 299 g/mol. The molecule has 0 heterocycles. The van der Waals surface area contributed by atoms with Crippen LogP contribution in [-0.2, 0) is 11.3 Å². The van der Waals surface area contributed by atoms with Crippen molar-refractivity contribution >= 4 is 23.3 Å². The lowest BCUT2D eigenvalue weighted by atomic mass is 10.1. The van der Waals surface area contributed by atoms with E-state index in [-0.39, 0.29) is 11.7 Å². The predicted molar refractivity (Wildman–Crippen MR) is 79.0 cm³/mol. The second-order valence-corrected chi connectivity index (χ2v) is 4.91. The van der Waals surface area contributed by atoms with Crippen molar-refractivity contribution in [3.05, 3.63) is 34.3 Å². The average Bonchev–Trinajstić information content (AvgIpc) is 2.43. The maximum absolute atomic E-state index is 11.4. The second kappa shape index (κ2) is 7.72. The summed E-state index contributed by atoms with van der Waals surface area (Å²) in [6.07, 6.45) is 0.437. The number of rotatable bonds is 6. The molecular weight excluding hydrogens is 280 g/mol. The fourth-order valence-corrected chi connectivity index (χ4v) is 1.80. The Morgan fingerprint density at radius 3 is 2.75 bits per heavy atom. The van der Waals surface area contributed by atoms with E-state index in [0.29, 0.717) is 30.1 Å². The molecule has 0 fully saturated rings. The van der Waals surface area contributed by atoms with Gasteiger partial charge >= 0.3 is 0 Å². The first kappa shape index (κ1) is 16.3. The number of hydrogen-bond acceptors (Lipinski definition) is 4. The zero-order valence-electron chi connectivity index (χ0n) is 11.6.